The van der Waals surface area contributed by atoms with E-state index in [4.69, 9.17) is 23.7 Å². The van der Waals surface area contributed by atoms with Crippen LogP contribution in [0.25, 0.3) is 6.08 Å². The van der Waals surface area contributed by atoms with Crippen LogP contribution in [-0.2, 0) is 33.8 Å². The summed E-state index contributed by atoms with van der Waals surface area (Å²) in [6, 6.07) is 11.2. The molecule has 1 N–H and O–H groups in total. The second kappa shape index (κ2) is 12.6. The fourth-order valence-corrected chi connectivity index (χ4v) is 5.93. The molecule has 0 unspecified atom stereocenters. The molecule has 0 aromatic heterocycles. The fourth-order valence-electron chi connectivity index (χ4n) is 4.49. The van der Waals surface area contributed by atoms with Gasteiger partial charge in [0.15, 0.2) is 18.1 Å². The number of ether oxygens (including phenoxy) is 5. The molecule has 216 valence electrons. The lowest BCUT2D eigenvalue weighted by atomic mass is 10.1. The van der Waals surface area contributed by atoms with Crippen molar-refractivity contribution >= 4 is 39.4 Å². The number of sulfonamides is 1. The molecule has 0 atom stereocenters. The molecule has 2 aromatic carbocycles. The molecule has 1 amide bonds. The Morgan fingerprint density at radius 1 is 0.976 bits per heavy atom. The van der Waals surface area contributed by atoms with Crippen molar-refractivity contribution < 1.29 is 41.7 Å². The smallest absolute Gasteiger partial charge is 0.349 e. The Bertz CT molecular complexity index is 1490. The lowest BCUT2D eigenvalue weighted by Gasteiger charge is -2.31. The summed E-state index contributed by atoms with van der Waals surface area (Å²) in [4.78, 5) is 27.4. The number of fused-ring (bicyclic) bond motifs is 1. The first-order valence-electron chi connectivity index (χ1n) is 12.9. The van der Waals surface area contributed by atoms with E-state index in [0.717, 1.165) is 0 Å². The largest absolute Gasteiger partial charge is 0.454 e. The van der Waals surface area contributed by atoms with Gasteiger partial charge in [-0.05, 0) is 42.0 Å². The van der Waals surface area contributed by atoms with Crippen LogP contribution < -0.4 is 19.7 Å². The number of hydrogen-bond acceptors (Lipinski definition) is 11. The summed E-state index contributed by atoms with van der Waals surface area (Å²) in [6.07, 6.45) is 1.32. The van der Waals surface area contributed by atoms with Gasteiger partial charge in [-0.25, -0.2) is 13.2 Å². The van der Waals surface area contributed by atoms with E-state index in [1.807, 2.05) is 4.90 Å². The molecule has 3 heterocycles. The molecule has 0 saturated carbocycles. The SMILES string of the molecule is N#C/C(=C\c1ccc2c(c1)OCO2)C(=O)OCC(=O)Nc1cc(S(=O)(=O)N2CCOCC2)ccc1N1CCOCC1. The van der Waals surface area contributed by atoms with E-state index >= 15 is 0 Å². The van der Waals surface area contributed by atoms with Crippen molar-refractivity contribution in [3.05, 3.63) is 47.5 Å². The highest BCUT2D eigenvalue weighted by atomic mass is 32.2. The van der Waals surface area contributed by atoms with Gasteiger partial charge in [0.25, 0.3) is 5.91 Å². The zero-order valence-electron chi connectivity index (χ0n) is 22.0. The maximum absolute atomic E-state index is 13.3. The summed E-state index contributed by atoms with van der Waals surface area (Å²) in [7, 11) is -3.83. The number of rotatable bonds is 8. The lowest BCUT2D eigenvalue weighted by molar-refractivity contribution is -0.142. The van der Waals surface area contributed by atoms with Crippen LogP contribution in [0, 0.1) is 11.3 Å². The van der Waals surface area contributed by atoms with Crippen molar-refractivity contribution in [3.63, 3.8) is 0 Å². The Kier molecular flexibility index (Phi) is 8.70. The molecule has 2 fully saturated rings. The first-order chi connectivity index (χ1) is 19.8. The van der Waals surface area contributed by atoms with Crippen LogP contribution in [0.15, 0.2) is 46.9 Å². The van der Waals surface area contributed by atoms with Gasteiger partial charge in [0.05, 0.1) is 42.7 Å². The number of anilines is 2. The first kappa shape index (κ1) is 28.4. The molecule has 3 aliphatic rings. The quantitative estimate of drug-likeness (QED) is 0.271. The summed E-state index contributed by atoms with van der Waals surface area (Å²) >= 11 is 0. The molecule has 13 nitrogen and oxygen atoms in total. The molecule has 0 bridgehead atoms. The van der Waals surface area contributed by atoms with Gasteiger partial charge in [0.2, 0.25) is 16.8 Å². The average Bonchev–Trinajstić information content (AvgIpc) is 3.47. The molecule has 2 aromatic rings. The number of amides is 1. The van der Waals surface area contributed by atoms with Gasteiger partial charge in [-0.3, -0.25) is 4.79 Å². The van der Waals surface area contributed by atoms with Crippen LogP contribution >= 0.6 is 0 Å². The van der Waals surface area contributed by atoms with Gasteiger partial charge < -0.3 is 33.9 Å². The normalized spacial score (nSPS) is 17.5. The summed E-state index contributed by atoms with van der Waals surface area (Å²) in [6.45, 7) is 2.49. The molecule has 5 rings (SSSR count). The van der Waals surface area contributed by atoms with E-state index in [2.05, 4.69) is 5.32 Å². The van der Waals surface area contributed by atoms with E-state index < -0.39 is 28.5 Å². The second-order valence-corrected chi connectivity index (χ2v) is 11.1. The van der Waals surface area contributed by atoms with Crippen molar-refractivity contribution in [3.8, 4) is 17.6 Å². The molecular weight excluding hydrogens is 556 g/mol. The number of nitriles is 1. The molecule has 14 heteroatoms. The third-order valence-corrected chi connectivity index (χ3v) is 8.48. The topological polar surface area (TPSA) is 157 Å². The molecule has 0 spiro atoms. The van der Waals surface area contributed by atoms with Crippen molar-refractivity contribution in [1.82, 2.24) is 4.31 Å². The predicted molar refractivity (Wildman–Crippen MR) is 145 cm³/mol. The zero-order valence-corrected chi connectivity index (χ0v) is 22.9. The fraction of sp³-hybridized carbons (Fsp3) is 0.370. The minimum Gasteiger partial charge on any atom is -0.454 e. The first-order valence-corrected chi connectivity index (χ1v) is 14.3. The molecule has 0 radical (unpaired) electrons. The van der Waals surface area contributed by atoms with Gasteiger partial charge in [-0.1, -0.05) is 6.07 Å². The number of hydrogen-bond donors (Lipinski definition) is 1. The van der Waals surface area contributed by atoms with Gasteiger partial charge in [-0.2, -0.15) is 9.57 Å². The number of carbonyl (C=O) groups is 2. The molecule has 2 saturated heterocycles. The predicted octanol–water partition coefficient (Wildman–Crippen LogP) is 1.36. The van der Waals surface area contributed by atoms with Crippen LogP contribution in [0.1, 0.15) is 5.56 Å². The maximum atomic E-state index is 13.3. The van der Waals surface area contributed by atoms with Gasteiger partial charge >= 0.3 is 5.97 Å². The minimum atomic E-state index is -3.83. The monoisotopic (exact) mass is 584 g/mol. The summed E-state index contributed by atoms with van der Waals surface area (Å²) in [5, 5.41) is 12.2. The molecule has 41 heavy (non-hydrogen) atoms. The van der Waals surface area contributed by atoms with Crippen LogP contribution in [-0.4, -0.2) is 90.6 Å². The van der Waals surface area contributed by atoms with Crippen LogP contribution in [0.3, 0.4) is 0 Å². The van der Waals surface area contributed by atoms with Crippen LogP contribution in [0.4, 0.5) is 11.4 Å². The average molecular weight is 585 g/mol. The van der Waals surface area contributed by atoms with Gasteiger partial charge in [0, 0.05) is 26.2 Å². The summed E-state index contributed by atoms with van der Waals surface area (Å²) in [5.74, 6) is -0.651. The Morgan fingerprint density at radius 2 is 1.68 bits per heavy atom. The highest BCUT2D eigenvalue weighted by Crippen LogP contribution is 2.33. The number of nitrogens with one attached hydrogen (secondary N) is 1. The number of carbonyl (C=O) groups excluding carboxylic acids is 2. The van der Waals surface area contributed by atoms with Crippen molar-refractivity contribution in [2.75, 3.05) is 76.2 Å². The Balaban J connectivity index is 1.30. The summed E-state index contributed by atoms with van der Waals surface area (Å²) in [5.41, 5.74) is 1.05. The van der Waals surface area contributed by atoms with E-state index in [1.165, 1.54) is 22.5 Å². The Morgan fingerprint density at radius 3 is 2.41 bits per heavy atom. The van der Waals surface area contributed by atoms with Gasteiger partial charge in [0.1, 0.15) is 11.6 Å². The van der Waals surface area contributed by atoms with Crippen LogP contribution in [0.5, 0.6) is 11.5 Å². The highest BCUT2D eigenvalue weighted by molar-refractivity contribution is 7.89. The van der Waals surface area contributed by atoms with Crippen LogP contribution in [0.2, 0.25) is 0 Å². The van der Waals surface area contributed by atoms with Gasteiger partial charge in [-0.15, -0.1) is 0 Å². The standard InChI is InChI=1S/C27H28N4O9S/c28-16-20(13-19-1-4-24-25(14-19)40-18-39-24)27(33)38-17-26(32)29-22-15-21(41(34,35)31-7-11-37-12-8-31)2-3-23(22)30-5-9-36-10-6-30/h1-4,13-15H,5-12,17-18H2,(H,29,32)/b20-13+. The highest BCUT2D eigenvalue weighted by Gasteiger charge is 2.28. The minimum absolute atomic E-state index is 0.0159. The lowest BCUT2D eigenvalue weighted by Crippen LogP contribution is -2.40. The molecular formula is C27H28N4O9S. The second-order valence-electron chi connectivity index (χ2n) is 9.20. The Labute approximate surface area is 236 Å². The number of nitrogens with zero attached hydrogens (tertiary/aromatic N) is 3. The number of esters is 1. The van der Waals surface area contributed by atoms with Crippen molar-refractivity contribution in [1.29, 1.82) is 5.26 Å². The third-order valence-electron chi connectivity index (χ3n) is 6.58. The Hall–Kier alpha value is -4.16. The third kappa shape index (κ3) is 6.60. The maximum Gasteiger partial charge on any atom is 0.349 e. The van der Waals surface area contributed by atoms with E-state index in [-0.39, 0.29) is 36.0 Å². The van der Waals surface area contributed by atoms with E-state index in [0.29, 0.717) is 62.3 Å². The van der Waals surface area contributed by atoms with Crippen molar-refractivity contribution in [2.45, 2.75) is 4.90 Å². The summed E-state index contributed by atoms with van der Waals surface area (Å²) < 4.78 is 54.2. The number of benzene rings is 2. The zero-order chi connectivity index (χ0) is 28.8. The van der Waals surface area contributed by atoms with E-state index in [9.17, 15) is 23.3 Å². The molecule has 0 aliphatic carbocycles. The van der Waals surface area contributed by atoms with E-state index in [1.54, 1.807) is 30.3 Å². The number of morpholine rings is 2. The molecule has 3 aliphatic heterocycles. The van der Waals surface area contributed by atoms with Crippen molar-refractivity contribution in [2.24, 2.45) is 0 Å².